The number of nitrogens with two attached hydrogens (primary N) is 1. The molecule has 1 rings (SSSR count). The zero-order valence-corrected chi connectivity index (χ0v) is 13.6. The van der Waals surface area contributed by atoms with Crippen LogP contribution in [0.2, 0.25) is 0 Å². The van der Waals surface area contributed by atoms with Gasteiger partial charge in [-0.15, -0.1) is 0 Å². The lowest BCUT2D eigenvalue weighted by Gasteiger charge is -2.39. The van der Waals surface area contributed by atoms with Gasteiger partial charge in [-0.05, 0) is 6.08 Å². The van der Waals surface area contributed by atoms with Crippen molar-refractivity contribution in [1.82, 2.24) is 5.32 Å². The molecule has 0 aromatic heterocycles. The highest BCUT2D eigenvalue weighted by Crippen LogP contribution is 2.24. The van der Waals surface area contributed by atoms with Crippen LogP contribution in [0.15, 0.2) is 11.8 Å². The molecule has 1 amide bonds. The lowest BCUT2D eigenvalue weighted by atomic mass is 9.93. The summed E-state index contributed by atoms with van der Waals surface area (Å²) in [5.74, 6) is -2.48. The van der Waals surface area contributed by atoms with E-state index < -0.39 is 54.7 Å². The third-order valence-electron chi connectivity index (χ3n) is 3.20. The van der Waals surface area contributed by atoms with Crippen LogP contribution in [0.5, 0.6) is 0 Å². The number of nitrogens with one attached hydrogen (secondary N) is 1. The van der Waals surface area contributed by atoms with Gasteiger partial charge in [-0.3, -0.25) is 4.79 Å². The van der Waals surface area contributed by atoms with E-state index in [9.17, 15) is 19.8 Å². The Morgan fingerprint density at radius 3 is 2.58 bits per heavy atom. The van der Waals surface area contributed by atoms with Gasteiger partial charge in [0.05, 0.1) is 24.2 Å². The number of hydrogen-bond acceptors (Lipinski definition) is 8. The molecule has 0 saturated carbocycles. The minimum atomic E-state index is -1.69. The molecule has 0 unspecified atom stereocenters. The van der Waals surface area contributed by atoms with Crippen LogP contribution in [0.4, 0.5) is 0 Å². The number of aliphatic hydroxyl groups excluding tert-OH is 3. The molecule has 10 nitrogen and oxygen atoms in total. The molecule has 0 fully saturated rings. The van der Waals surface area contributed by atoms with E-state index >= 15 is 0 Å². The van der Waals surface area contributed by atoms with Crippen LogP contribution in [-0.2, 0) is 19.1 Å². The topological polar surface area (TPSA) is 172 Å². The van der Waals surface area contributed by atoms with Gasteiger partial charge in [0.25, 0.3) is 0 Å². The van der Waals surface area contributed by atoms with E-state index in [0.717, 1.165) is 6.08 Å². The first-order chi connectivity index (χ1) is 11.2. The van der Waals surface area contributed by atoms with Crippen molar-refractivity contribution in [3.63, 3.8) is 0 Å². The fourth-order valence-electron chi connectivity index (χ4n) is 2.16. The molecule has 0 aliphatic carbocycles. The van der Waals surface area contributed by atoms with Gasteiger partial charge < -0.3 is 41.0 Å². The van der Waals surface area contributed by atoms with E-state index in [1.807, 2.05) is 0 Å². The Kier molecular flexibility index (Phi) is 7.51. The van der Waals surface area contributed by atoms with Crippen molar-refractivity contribution >= 4 is 29.1 Å². The Balaban J connectivity index is 3.17. The molecule has 0 saturated heterocycles. The number of carbonyl (C=O) groups excluding carboxylic acids is 1. The van der Waals surface area contributed by atoms with Crippen molar-refractivity contribution < 1.29 is 39.5 Å². The second-order valence-electron chi connectivity index (χ2n) is 5.13. The van der Waals surface area contributed by atoms with E-state index in [4.69, 9.17) is 25.4 Å². The quantitative estimate of drug-likeness (QED) is 0.248. The third kappa shape index (κ3) is 5.39. The maximum Gasteiger partial charge on any atom is 0.370 e. The molecule has 0 bridgehead atoms. The minimum Gasteiger partial charge on any atom is -0.478 e. The van der Waals surface area contributed by atoms with E-state index in [0.29, 0.717) is 0 Å². The molecule has 136 valence electrons. The normalized spacial score (nSPS) is 25.8. The summed E-state index contributed by atoms with van der Waals surface area (Å²) in [5.41, 5.74) is 5.34. The van der Waals surface area contributed by atoms with Crippen LogP contribution >= 0.6 is 12.2 Å². The average Bonchev–Trinajstić information content (AvgIpc) is 2.51. The van der Waals surface area contributed by atoms with Gasteiger partial charge in [-0.25, -0.2) is 4.79 Å². The number of amides is 1. The largest absolute Gasteiger partial charge is 0.478 e. The van der Waals surface area contributed by atoms with Crippen LogP contribution in [0, 0.1) is 0 Å². The molecular formula is C13H20N2O8S. The summed E-state index contributed by atoms with van der Waals surface area (Å²) >= 11 is 4.69. The molecule has 5 atom stereocenters. The van der Waals surface area contributed by atoms with Gasteiger partial charge in [0.2, 0.25) is 11.7 Å². The van der Waals surface area contributed by atoms with Gasteiger partial charge >= 0.3 is 5.97 Å². The van der Waals surface area contributed by atoms with Crippen LogP contribution < -0.4 is 11.1 Å². The number of carboxylic acids is 1. The van der Waals surface area contributed by atoms with Crippen molar-refractivity contribution in [3.8, 4) is 0 Å². The van der Waals surface area contributed by atoms with Gasteiger partial charge in [-0.1, -0.05) is 12.2 Å². The SMILES string of the molecule is CC(=O)N[C@H]1[C@H]([C@H](O)[C@H](O)CO)OC(C(=O)O)=C[C@@H]1OCC(N)=S. The number of aliphatic carboxylic acids is 1. The van der Waals surface area contributed by atoms with Crippen molar-refractivity contribution in [1.29, 1.82) is 0 Å². The molecule has 0 aromatic carbocycles. The van der Waals surface area contributed by atoms with Crippen molar-refractivity contribution in [3.05, 3.63) is 11.8 Å². The van der Waals surface area contributed by atoms with E-state index in [2.05, 4.69) is 17.5 Å². The number of ether oxygens (including phenoxy) is 2. The molecule has 7 N–H and O–H groups in total. The van der Waals surface area contributed by atoms with E-state index in [1.165, 1.54) is 6.92 Å². The molecule has 0 radical (unpaired) electrons. The summed E-state index contributed by atoms with van der Waals surface area (Å²) < 4.78 is 10.5. The molecule has 0 aromatic rings. The molecule has 11 heteroatoms. The zero-order valence-electron chi connectivity index (χ0n) is 12.8. The standard InChI is InChI=1S/C13H20N2O8S/c1-5(17)15-10-7(22-4-9(14)24)2-8(13(20)21)23-12(10)11(19)6(18)3-16/h2,6-7,10-12,16,18-19H,3-4H2,1H3,(H2,14,24)(H,15,17)(H,20,21)/t6-,7+,10-,11-,12-/m1/s1. The third-order valence-corrected chi connectivity index (χ3v) is 3.32. The maximum atomic E-state index is 11.4. The minimum absolute atomic E-state index is 0.000771. The second kappa shape index (κ2) is 8.89. The van der Waals surface area contributed by atoms with Crippen molar-refractivity contribution in [2.45, 2.75) is 37.4 Å². The number of carboxylic acid groups (broad SMARTS) is 1. The fourth-order valence-corrected chi connectivity index (χ4v) is 2.23. The monoisotopic (exact) mass is 364 g/mol. The van der Waals surface area contributed by atoms with Gasteiger partial charge in [0.15, 0.2) is 6.10 Å². The molecule has 1 aliphatic heterocycles. The number of aliphatic hydroxyl groups is 3. The average molecular weight is 364 g/mol. The van der Waals surface area contributed by atoms with Gasteiger partial charge in [0.1, 0.15) is 18.3 Å². The predicted molar refractivity (Wildman–Crippen MR) is 83.8 cm³/mol. The summed E-state index contributed by atoms with van der Waals surface area (Å²) in [5, 5.41) is 40.3. The molecule has 24 heavy (non-hydrogen) atoms. The smallest absolute Gasteiger partial charge is 0.370 e. The number of hydrogen-bond donors (Lipinski definition) is 6. The van der Waals surface area contributed by atoms with Crippen molar-refractivity contribution in [2.24, 2.45) is 5.73 Å². The maximum absolute atomic E-state index is 11.4. The predicted octanol–water partition coefficient (Wildman–Crippen LogP) is -2.76. The lowest BCUT2D eigenvalue weighted by Crippen LogP contribution is -2.60. The molecular weight excluding hydrogens is 344 g/mol. The number of carbonyl (C=O) groups is 2. The van der Waals surface area contributed by atoms with Crippen molar-refractivity contribution in [2.75, 3.05) is 13.2 Å². The summed E-state index contributed by atoms with van der Waals surface area (Å²) in [6.07, 6.45) is -4.64. The summed E-state index contributed by atoms with van der Waals surface area (Å²) in [6, 6.07) is -1.05. The Morgan fingerprint density at radius 1 is 1.50 bits per heavy atom. The zero-order chi connectivity index (χ0) is 18.4. The summed E-state index contributed by atoms with van der Waals surface area (Å²) in [4.78, 5) is 22.6. The van der Waals surface area contributed by atoms with Crippen LogP contribution in [-0.4, -0.2) is 81.0 Å². The number of thiocarbonyl (C=S) groups is 1. The first-order valence-corrected chi connectivity index (χ1v) is 7.34. The first-order valence-electron chi connectivity index (χ1n) is 6.93. The lowest BCUT2D eigenvalue weighted by molar-refractivity contribution is -0.151. The van der Waals surface area contributed by atoms with E-state index in [-0.39, 0.29) is 11.6 Å². The highest BCUT2D eigenvalue weighted by molar-refractivity contribution is 7.80. The summed E-state index contributed by atoms with van der Waals surface area (Å²) in [7, 11) is 0. The summed E-state index contributed by atoms with van der Waals surface area (Å²) in [6.45, 7) is 0.205. The second-order valence-corrected chi connectivity index (χ2v) is 5.65. The van der Waals surface area contributed by atoms with Crippen LogP contribution in [0.25, 0.3) is 0 Å². The van der Waals surface area contributed by atoms with E-state index in [1.54, 1.807) is 0 Å². The fraction of sp³-hybridized carbons (Fsp3) is 0.615. The van der Waals surface area contributed by atoms with Gasteiger partial charge in [-0.2, -0.15) is 0 Å². The Bertz CT molecular complexity index is 526. The van der Waals surface area contributed by atoms with Crippen LogP contribution in [0.3, 0.4) is 0 Å². The Morgan fingerprint density at radius 2 is 2.12 bits per heavy atom. The number of rotatable bonds is 8. The highest BCUT2D eigenvalue weighted by atomic mass is 32.1. The highest BCUT2D eigenvalue weighted by Gasteiger charge is 2.44. The molecule has 1 heterocycles. The molecule has 0 spiro atoms. The Labute approximate surface area is 142 Å². The molecule has 1 aliphatic rings. The van der Waals surface area contributed by atoms with Gasteiger partial charge in [0, 0.05) is 6.92 Å². The van der Waals surface area contributed by atoms with Crippen LogP contribution in [0.1, 0.15) is 6.92 Å². The Hall–Kier alpha value is -1.79. The first kappa shape index (κ1) is 20.3.